The number of rotatable bonds is 2. The highest BCUT2D eigenvalue weighted by Gasteiger charge is 2.70. The van der Waals surface area contributed by atoms with E-state index in [4.69, 9.17) is 4.74 Å². The Kier molecular flexibility index (Phi) is 5.92. The van der Waals surface area contributed by atoms with Gasteiger partial charge in [-0.3, -0.25) is 9.59 Å². The first kappa shape index (κ1) is 27.2. The van der Waals surface area contributed by atoms with E-state index in [0.29, 0.717) is 37.5 Å². The van der Waals surface area contributed by atoms with Crippen LogP contribution in [-0.2, 0) is 14.3 Å². The van der Waals surface area contributed by atoms with E-state index in [0.717, 1.165) is 32.1 Å². The molecule has 5 aliphatic carbocycles. The van der Waals surface area contributed by atoms with Crippen LogP contribution < -0.4 is 0 Å². The molecule has 0 radical (unpaired) electrons. The van der Waals surface area contributed by atoms with Crippen LogP contribution in [0.4, 0.5) is 0 Å². The fraction of sp³-hybridized carbons (Fsp3) is 0.871. The van der Waals surface area contributed by atoms with Gasteiger partial charge >= 0.3 is 11.9 Å². The lowest BCUT2D eigenvalue weighted by Gasteiger charge is -2.71. The van der Waals surface area contributed by atoms with Gasteiger partial charge in [0.25, 0.3) is 0 Å². The van der Waals surface area contributed by atoms with Gasteiger partial charge in [0.15, 0.2) is 0 Å². The molecule has 0 aromatic rings. The van der Waals surface area contributed by atoms with Gasteiger partial charge in [-0.05, 0) is 104 Å². The van der Waals surface area contributed by atoms with Crippen molar-refractivity contribution >= 4 is 11.9 Å². The third-order valence-electron chi connectivity index (χ3n) is 13.5. The van der Waals surface area contributed by atoms with Crippen molar-refractivity contribution in [2.45, 2.75) is 112 Å². The monoisotopic (exact) mass is 516 g/mol. The number of hydrogen-bond donors (Lipinski definition) is 3. The van der Waals surface area contributed by atoms with Crippen molar-refractivity contribution in [1.82, 2.24) is 0 Å². The standard InChI is InChI=1S/C31H48O6/c1-26(2)21-10-11-30(6)22(28(21,4)17-20(32)23(26)33)9-8-18-19-16-27(3,24(34)35)12-14-31(19,25(36)37-7)15-13-29(18,30)5/h8,19-23,32-33H,9-17H2,1-7H3,(H,34,35)/t19-,20-,21-,22+,23-,27-,28-,29+,30+,31-/m0/s1. The fourth-order valence-corrected chi connectivity index (χ4v) is 11.0. The van der Waals surface area contributed by atoms with Crippen molar-refractivity contribution in [3.63, 3.8) is 0 Å². The minimum Gasteiger partial charge on any atom is -0.481 e. The van der Waals surface area contributed by atoms with Crippen molar-refractivity contribution in [1.29, 1.82) is 0 Å². The molecule has 5 aliphatic rings. The van der Waals surface area contributed by atoms with Gasteiger partial charge in [0.2, 0.25) is 0 Å². The molecule has 5 rings (SSSR count). The number of carbonyl (C=O) groups is 2. The SMILES string of the molecule is COC(=O)[C@]12CC[C@](C)(C(=O)O)C[C@H]1C1=CC[C@@H]3[C@@]4(C)C[C@H](O)[C@H](O)C(C)(C)[C@@H]4CC[C@@]3(C)[C@]1(C)CC2. The number of aliphatic hydroxyl groups excluding tert-OH is 2. The number of esters is 1. The molecule has 0 amide bonds. The second-order valence-corrected chi connectivity index (χ2v) is 15.1. The van der Waals surface area contributed by atoms with Gasteiger partial charge in [-0.25, -0.2) is 0 Å². The fourth-order valence-electron chi connectivity index (χ4n) is 11.0. The molecule has 0 aromatic heterocycles. The molecular weight excluding hydrogens is 468 g/mol. The molecule has 6 heteroatoms. The van der Waals surface area contributed by atoms with E-state index in [9.17, 15) is 24.9 Å². The summed E-state index contributed by atoms with van der Waals surface area (Å²) in [6, 6.07) is 0. The van der Waals surface area contributed by atoms with Gasteiger partial charge < -0.3 is 20.1 Å². The van der Waals surface area contributed by atoms with Gasteiger partial charge in [0, 0.05) is 0 Å². The highest BCUT2D eigenvalue weighted by molar-refractivity contribution is 5.80. The molecule has 4 fully saturated rings. The normalized spacial score (nSPS) is 52.5. The summed E-state index contributed by atoms with van der Waals surface area (Å²) in [5.74, 6) is -0.426. The maximum atomic E-state index is 13.4. The Morgan fingerprint density at radius 2 is 1.57 bits per heavy atom. The van der Waals surface area contributed by atoms with Crippen LogP contribution >= 0.6 is 0 Å². The average molecular weight is 517 g/mol. The number of aliphatic hydroxyl groups is 2. The van der Waals surface area contributed by atoms with E-state index in [1.807, 2.05) is 6.92 Å². The molecule has 0 aromatic carbocycles. The van der Waals surface area contributed by atoms with Crippen molar-refractivity contribution in [3.05, 3.63) is 11.6 Å². The van der Waals surface area contributed by atoms with Crippen molar-refractivity contribution < 1.29 is 29.6 Å². The predicted octanol–water partition coefficient (Wildman–Crippen LogP) is 5.36. The summed E-state index contributed by atoms with van der Waals surface area (Å²) in [6.45, 7) is 13.2. The molecule has 0 unspecified atom stereocenters. The summed E-state index contributed by atoms with van der Waals surface area (Å²) in [5.41, 5.74) is -0.888. The summed E-state index contributed by atoms with van der Waals surface area (Å²) in [6.07, 6.45) is 7.56. The second kappa shape index (κ2) is 8.06. The van der Waals surface area contributed by atoms with Crippen LogP contribution in [0.2, 0.25) is 0 Å². The topological polar surface area (TPSA) is 104 Å². The third kappa shape index (κ3) is 3.24. The molecule has 3 N–H and O–H groups in total. The molecule has 4 saturated carbocycles. The van der Waals surface area contributed by atoms with Crippen LogP contribution in [0.5, 0.6) is 0 Å². The number of allylic oxidation sites excluding steroid dienone is 2. The van der Waals surface area contributed by atoms with E-state index in [1.54, 1.807) is 0 Å². The van der Waals surface area contributed by atoms with Crippen LogP contribution in [0.1, 0.15) is 99.3 Å². The average Bonchev–Trinajstić information content (AvgIpc) is 2.82. The Balaban J connectivity index is 1.62. The van der Waals surface area contributed by atoms with Gasteiger partial charge in [0.1, 0.15) is 0 Å². The van der Waals surface area contributed by atoms with Gasteiger partial charge in [-0.1, -0.05) is 46.3 Å². The zero-order chi connectivity index (χ0) is 27.4. The summed E-state index contributed by atoms with van der Waals surface area (Å²) < 4.78 is 5.39. The number of carbonyl (C=O) groups excluding carboxylic acids is 1. The lowest BCUT2D eigenvalue weighted by atomic mass is 9.33. The van der Waals surface area contributed by atoms with E-state index < -0.39 is 29.0 Å². The summed E-state index contributed by atoms with van der Waals surface area (Å²) in [7, 11) is 1.46. The van der Waals surface area contributed by atoms with Crippen molar-refractivity contribution in [2.24, 2.45) is 50.2 Å². The third-order valence-corrected chi connectivity index (χ3v) is 13.5. The number of methoxy groups -OCH3 is 1. The maximum Gasteiger partial charge on any atom is 0.312 e. The van der Waals surface area contributed by atoms with E-state index >= 15 is 0 Å². The largest absolute Gasteiger partial charge is 0.481 e. The van der Waals surface area contributed by atoms with E-state index in [1.165, 1.54) is 12.7 Å². The zero-order valence-electron chi connectivity index (χ0n) is 23.9. The Bertz CT molecular complexity index is 1030. The highest BCUT2D eigenvalue weighted by Crippen LogP contribution is 2.75. The Labute approximate surface area is 222 Å². The van der Waals surface area contributed by atoms with Crippen LogP contribution in [0.25, 0.3) is 0 Å². The van der Waals surface area contributed by atoms with Crippen LogP contribution in [0.15, 0.2) is 11.6 Å². The summed E-state index contributed by atoms with van der Waals surface area (Å²) >= 11 is 0. The number of ether oxygens (including phenoxy) is 1. The maximum absolute atomic E-state index is 13.4. The first-order chi connectivity index (χ1) is 17.0. The first-order valence-electron chi connectivity index (χ1n) is 14.4. The smallest absolute Gasteiger partial charge is 0.312 e. The first-order valence-corrected chi connectivity index (χ1v) is 14.4. The van der Waals surface area contributed by atoms with Crippen LogP contribution in [0, 0.1) is 50.2 Å². The molecule has 0 heterocycles. The van der Waals surface area contributed by atoms with Crippen molar-refractivity contribution in [3.8, 4) is 0 Å². The van der Waals surface area contributed by atoms with Crippen LogP contribution in [0.3, 0.4) is 0 Å². The van der Waals surface area contributed by atoms with Gasteiger partial charge in [-0.15, -0.1) is 0 Å². The van der Waals surface area contributed by atoms with Gasteiger partial charge in [-0.2, -0.15) is 0 Å². The number of carboxylic acids is 1. The molecule has 37 heavy (non-hydrogen) atoms. The van der Waals surface area contributed by atoms with Crippen LogP contribution in [-0.4, -0.2) is 46.6 Å². The van der Waals surface area contributed by atoms with E-state index in [-0.39, 0.29) is 33.5 Å². The Morgan fingerprint density at radius 1 is 0.919 bits per heavy atom. The number of aliphatic carboxylic acids is 1. The minimum absolute atomic E-state index is 0.0419. The molecular formula is C31H48O6. The molecule has 6 nitrogen and oxygen atoms in total. The second-order valence-electron chi connectivity index (χ2n) is 15.1. The predicted molar refractivity (Wildman–Crippen MR) is 140 cm³/mol. The number of carboxylic acid groups (broad SMARTS) is 1. The lowest BCUT2D eigenvalue weighted by Crippen LogP contribution is -2.67. The highest BCUT2D eigenvalue weighted by atomic mass is 16.5. The summed E-state index contributed by atoms with van der Waals surface area (Å²) in [4.78, 5) is 25.7. The molecule has 0 aliphatic heterocycles. The Hall–Kier alpha value is -1.40. The summed E-state index contributed by atoms with van der Waals surface area (Å²) in [5, 5.41) is 32.1. The molecule has 10 atom stereocenters. The van der Waals surface area contributed by atoms with Crippen molar-refractivity contribution in [2.75, 3.05) is 7.11 Å². The van der Waals surface area contributed by atoms with Gasteiger partial charge in [0.05, 0.1) is 30.1 Å². The molecule has 0 bridgehead atoms. The minimum atomic E-state index is -0.851. The molecule has 0 spiro atoms. The quantitative estimate of drug-likeness (QED) is 0.337. The zero-order valence-corrected chi connectivity index (χ0v) is 23.9. The number of hydrogen-bond acceptors (Lipinski definition) is 5. The molecule has 208 valence electrons. The lowest BCUT2D eigenvalue weighted by molar-refractivity contribution is -0.232. The number of fused-ring (bicyclic) bond motifs is 7. The Morgan fingerprint density at radius 3 is 2.19 bits per heavy atom. The molecule has 0 saturated heterocycles. The van der Waals surface area contributed by atoms with E-state index in [2.05, 4.69) is 40.7 Å².